The average molecular weight is 384 g/mol. The number of nitrogens with zero attached hydrogens (tertiary/aromatic N) is 3. The predicted molar refractivity (Wildman–Crippen MR) is 107 cm³/mol. The minimum absolute atomic E-state index is 0.116. The van der Waals surface area contributed by atoms with Crippen molar-refractivity contribution in [2.24, 2.45) is 0 Å². The van der Waals surface area contributed by atoms with E-state index in [2.05, 4.69) is 36.4 Å². The molecule has 0 aliphatic rings. The van der Waals surface area contributed by atoms with Gasteiger partial charge in [0.15, 0.2) is 0 Å². The Labute approximate surface area is 163 Å². The second kappa shape index (κ2) is 7.80. The molecular weight excluding hydrogens is 362 g/mol. The fraction of sp³-hybridized carbons (Fsp3) is 0.250. The van der Waals surface area contributed by atoms with Gasteiger partial charge in [0.2, 0.25) is 0 Å². The van der Waals surface area contributed by atoms with Crippen LogP contribution in [0.25, 0.3) is 5.69 Å². The Morgan fingerprint density at radius 1 is 1.15 bits per heavy atom. The third kappa shape index (κ3) is 4.86. The van der Waals surface area contributed by atoms with Gasteiger partial charge in [-0.15, -0.1) is 0 Å². The van der Waals surface area contributed by atoms with Crippen LogP contribution in [-0.2, 0) is 12.0 Å². The number of hydrogen-bond donors (Lipinski definition) is 2. The summed E-state index contributed by atoms with van der Waals surface area (Å²) < 4.78 is 1.81. The highest BCUT2D eigenvalue weighted by Crippen LogP contribution is 2.24. The van der Waals surface area contributed by atoms with Crippen molar-refractivity contribution in [2.75, 3.05) is 5.32 Å². The normalized spacial score (nSPS) is 11.3. The molecule has 2 heterocycles. The molecule has 0 saturated carbocycles. The number of carbonyl (C=O) groups excluding carboxylic acids is 1. The lowest BCUT2D eigenvalue weighted by atomic mass is 9.92. The van der Waals surface area contributed by atoms with E-state index in [4.69, 9.17) is 16.7 Å². The highest BCUT2D eigenvalue weighted by atomic mass is 35.5. The lowest BCUT2D eigenvalue weighted by Gasteiger charge is -2.14. The Bertz CT molecular complexity index is 931. The van der Waals surface area contributed by atoms with Gasteiger partial charge in [0.1, 0.15) is 5.82 Å². The van der Waals surface area contributed by atoms with Gasteiger partial charge in [-0.3, -0.25) is 5.32 Å². The fourth-order valence-corrected chi connectivity index (χ4v) is 2.70. The zero-order chi connectivity index (χ0) is 19.4. The maximum atomic E-state index is 12.2. The van der Waals surface area contributed by atoms with Gasteiger partial charge in [0, 0.05) is 16.6 Å². The first-order valence-corrected chi connectivity index (χ1v) is 9.02. The number of carbonyl (C=O) groups is 1. The van der Waals surface area contributed by atoms with Gasteiger partial charge in [-0.2, -0.15) is 5.10 Å². The van der Waals surface area contributed by atoms with Crippen LogP contribution >= 0.6 is 11.6 Å². The van der Waals surface area contributed by atoms with E-state index in [9.17, 15) is 4.79 Å². The summed E-state index contributed by atoms with van der Waals surface area (Å²) in [7, 11) is 0. The Balaban J connectivity index is 1.81. The molecule has 1 aromatic carbocycles. The molecule has 2 N–H and O–H groups in total. The van der Waals surface area contributed by atoms with Crippen molar-refractivity contribution in [2.45, 2.75) is 32.7 Å². The van der Waals surface area contributed by atoms with E-state index >= 15 is 0 Å². The predicted octanol–water partition coefficient (Wildman–Crippen LogP) is 4.54. The molecule has 0 spiro atoms. The molecule has 0 atom stereocenters. The fourth-order valence-electron chi connectivity index (χ4n) is 2.51. The van der Waals surface area contributed by atoms with Crippen LogP contribution in [0.2, 0.25) is 5.02 Å². The summed E-state index contributed by atoms with van der Waals surface area (Å²) in [5.41, 5.74) is 2.53. The molecule has 2 amide bonds. The van der Waals surface area contributed by atoms with Crippen molar-refractivity contribution >= 4 is 23.4 Å². The molecule has 7 heteroatoms. The van der Waals surface area contributed by atoms with Crippen LogP contribution < -0.4 is 10.6 Å². The van der Waals surface area contributed by atoms with Gasteiger partial charge in [0.05, 0.1) is 23.6 Å². The van der Waals surface area contributed by atoms with Crippen molar-refractivity contribution in [1.29, 1.82) is 0 Å². The molecule has 0 unspecified atom stereocenters. The van der Waals surface area contributed by atoms with E-state index in [-0.39, 0.29) is 11.4 Å². The second-order valence-corrected chi connectivity index (χ2v) is 7.62. The SMILES string of the molecule is CC(C)(C)c1cc(CNC(=O)Nc2ccccn2)n(-c2cccc(Cl)c2)n1. The molecule has 0 aliphatic carbocycles. The van der Waals surface area contributed by atoms with E-state index in [1.807, 2.05) is 41.1 Å². The number of nitrogens with one attached hydrogen (secondary N) is 2. The molecule has 0 radical (unpaired) electrons. The summed E-state index contributed by atoms with van der Waals surface area (Å²) in [6, 6.07) is 14.5. The molecule has 0 aliphatic heterocycles. The number of anilines is 1. The van der Waals surface area contributed by atoms with Crippen LogP contribution in [0.3, 0.4) is 0 Å². The average Bonchev–Trinajstić information content (AvgIpc) is 3.05. The van der Waals surface area contributed by atoms with Crippen molar-refractivity contribution in [3.05, 3.63) is 71.1 Å². The number of urea groups is 1. The maximum absolute atomic E-state index is 12.2. The van der Waals surface area contributed by atoms with Crippen LogP contribution in [0.15, 0.2) is 54.7 Å². The van der Waals surface area contributed by atoms with Crippen LogP contribution in [0, 0.1) is 0 Å². The molecular formula is C20H22ClN5O. The summed E-state index contributed by atoms with van der Waals surface area (Å²) in [5.74, 6) is 0.494. The quantitative estimate of drug-likeness (QED) is 0.694. The number of pyridine rings is 1. The third-order valence-electron chi connectivity index (χ3n) is 3.94. The molecule has 0 bridgehead atoms. The first-order chi connectivity index (χ1) is 12.8. The van der Waals surface area contributed by atoms with E-state index < -0.39 is 0 Å². The van der Waals surface area contributed by atoms with Gasteiger partial charge >= 0.3 is 6.03 Å². The number of aromatic nitrogens is 3. The first-order valence-electron chi connectivity index (χ1n) is 8.64. The topological polar surface area (TPSA) is 71.8 Å². The van der Waals surface area contributed by atoms with Gasteiger partial charge in [-0.05, 0) is 36.4 Å². The Hall–Kier alpha value is -2.86. The largest absolute Gasteiger partial charge is 0.332 e. The molecule has 27 heavy (non-hydrogen) atoms. The highest BCUT2D eigenvalue weighted by Gasteiger charge is 2.21. The van der Waals surface area contributed by atoms with Gasteiger partial charge in [0.25, 0.3) is 0 Å². The molecule has 0 fully saturated rings. The highest BCUT2D eigenvalue weighted by molar-refractivity contribution is 6.30. The summed E-state index contributed by atoms with van der Waals surface area (Å²) in [6.07, 6.45) is 1.62. The van der Waals surface area contributed by atoms with Gasteiger partial charge in [-0.1, -0.05) is 44.5 Å². The Morgan fingerprint density at radius 2 is 1.96 bits per heavy atom. The summed E-state index contributed by atoms with van der Waals surface area (Å²) in [5, 5.41) is 10.9. The lowest BCUT2D eigenvalue weighted by Crippen LogP contribution is -2.29. The number of hydrogen-bond acceptors (Lipinski definition) is 3. The van der Waals surface area contributed by atoms with Crippen LogP contribution in [0.4, 0.5) is 10.6 Å². The Morgan fingerprint density at radius 3 is 2.63 bits per heavy atom. The van der Waals surface area contributed by atoms with E-state index in [1.54, 1.807) is 18.3 Å². The van der Waals surface area contributed by atoms with Crippen LogP contribution in [-0.4, -0.2) is 20.8 Å². The van der Waals surface area contributed by atoms with Crippen molar-refractivity contribution in [3.63, 3.8) is 0 Å². The third-order valence-corrected chi connectivity index (χ3v) is 4.18. The molecule has 2 aromatic heterocycles. The molecule has 0 saturated heterocycles. The van der Waals surface area contributed by atoms with Crippen LogP contribution in [0.1, 0.15) is 32.2 Å². The lowest BCUT2D eigenvalue weighted by molar-refractivity contribution is 0.251. The number of amides is 2. The minimum atomic E-state index is -0.329. The smallest absolute Gasteiger partial charge is 0.320 e. The van der Waals surface area contributed by atoms with E-state index in [1.165, 1.54) is 0 Å². The Kier molecular flexibility index (Phi) is 5.46. The van der Waals surface area contributed by atoms with Crippen molar-refractivity contribution in [3.8, 4) is 5.69 Å². The molecule has 3 rings (SSSR count). The van der Waals surface area contributed by atoms with E-state index in [0.29, 0.717) is 17.4 Å². The maximum Gasteiger partial charge on any atom is 0.320 e. The summed E-state index contributed by atoms with van der Waals surface area (Å²) >= 11 is 6.13. The second-order valence-electron chi connectivity index (χ2n) is 7.19. The number of benzene rings is 1. The zero-order valence-electron chi connectivity index (χ0n) is 15.5. The van der Waals surface area contributed by atoms with Crippen LogP contribution in [0.5, 0.6) is 0 Å². The number of halogens is 1. The molecule has 6 nitrogen and oxygen atoms in total. The van der Waals surface area contributed by atoms with Crippen molar-refractivity contribution in [1.82, 2.24) is 20.1 Å². The number of rotatable bonds is 4. The first kappa shape index (κ1) is 18.9. The standard InChI is InChI=1S/C20H22ClN5O/c1-20(2,3)17-12-16(26(25-17)15-8-6-7-14(21)11-15)13-23-19(27)24-18-9-4-5-10-22-18/h4-12H,13H2,1-3H3,(H2,22,23,24,27). The van der Waals surface area contributed by atoms with E-state index in [0.717, 1.165) is 17.1 Å². The summed E-state index contributed by atoms with van der Waals surface area (Å²) in [4.78, 5) is 16.3. The molecule has 3 aromatic rings. The minimum Gasteiger partial charge on any atom is -0.332 e. The zero-order valence-corrected chi connectivity index (χ0v) is 16.3. The van der Waals surface area contributed by atoms with Gasteiger partial charge in [-0.25, -0.2) is 14.5 Å². The van der Waals surface area contributed by atoms with Crippen molar-refractivity contribution < 1.29 is 4.79 Å². The monoisotopic (exact) mass is 383 g/mol. The summed E-state index contributed by atoms with van der Waals surface area (Å²) in [6.45, 7) is 6.61. The molecule has 140 valence electrons. The van der Waals surface area contributed by atoms with Gasteiger partial charge < -0.3 is 5.32 Å².